The molecule has 3 aromatic heterocycles. The molecule has 0 bridgehead atoms. The molecular formula is C19H21N7O3. The van der Waals surface area contributed by atoms with Crippen LogP contribution in [0.5, 0.6) is 0 Å². The molecule has 0 spiro atoms. The molecule has 4 heterocycles. The quantitative estimate of drug-likeness (QED) is 0.603. The summed E-state index contributed by atoms with van der Waals surface area (Å²) in [5.41, 5.74) is 0.401. The molecule has 150 valence electrons. The lowest BCUT2D eigenvalue weighted by Gasteiger charge is -2.34. The first kappa shape index (κ1) is 18.9. The number of nitrogens with zero attached hydrogens (tertiary/aromatic N) is 7. The number of amides is 1. The number of hydrogen-bond acceptors (Lipinski definition) is 8. The third-order valence-electron chi connectivity index (χ3n) is 4.83. The first-order valence-electron chi connectivity index (χ1n) is 9.35. The maximum Gasteiger partial charge on any atom is 0.283 e. The van der Waals surface area contributed by atoms with Gasteiger partial charge in [0.2, 0.25) is 5.95 Å². The van der Waals surface area contributed by atoms with E-state index < -0.39 is 5.56 Å². The van der Waals surface area contributed by atoms with Gasteiger partial charge >= 0.3 is 0 Å². The Kier molecular flexibility index (Phi) is 5.43. The van der Waals surface area contributed by atoms with E-state index in [1.165, 1.54) is 4.57 Å². The minimum atomic E-state index is -0.452. The first-order chi connectivity index (χ1) is 14.2. The zero-order valence-electron chi connectivity index (χ0n) is 16.1. The highest BCUT2D eigenvalue weighted by atomic mass is 16.5. The summed E-state index contributed by atoms with van der Waals surface area (Å²) in [5, 5.41) is 0. The molecule has 0 unspecified atom stereocenters. The number of ether oxygens (including phenoxy) is 1. The van der Waals surface area contributed by atoms with E-state index in [-0.39, 0.29) is 11.6 Å². The van der Waals surface area contributed by atoms with E-state index in [4.69, 9.17) is 4.74 Å². The molecule has 1 aliphatic rings. The number of aromatic nitrogens is 5. The first-order valence-corrected chi connectivity index (χ1v) is 9.35. The van der Waals surface area contributed by atoms with Gasteiger partial charge in [0.25, 0.3) is 11.5 Å². The molecule has 1 aliphatic heterocycles. The number of piperazine rings is 1. The Morgan fingerprint density at radius 3 is 2.52 bits per heavy atom. The van der Waals surface area contributed by atoms with Crippen molar-refractivity contribution in [1.82, 2.24) is 29.4 Å². The van der Waals surface area contributed by atoms with Crippen LogP contribution in [0.4, 0.5) is 5.95 Å². The Morgan fingerprint density at radius 1 is 1.07 bits per heavy atom. The molecular weight excluding hydrogens is 374 g/mol. The standard InChI is InChI=1S/C19H21N7O3/c1-29-13-12-26-16-14(4-2-5-20-16)23-15(18(26)28)17(27)24-8-10-25(11-9-24)19-21-6-3-7-22-19/h2-7H,8-13H2,1H3. The van der Waals surface area contributed by atoms with Gasteiger partial charge in [0.05, 0.1) is 13.2 Å². The molecule has 4 rings (SSSR count). The Bertz CT molecular complexity index is 1060. The Hall–Kier alpha value is -3.40. The summed E-state index contributed by atoms with van der Waals surface area (Å²) in [6.07, 6.45) is 4.98. The smallest absolute Gasteiger partial charge is 0.283 e. The van der Waals surface area contributed by atoms with Crippen molar-refractivity contribution >= 4 is 23.0 Å². The van der Waals surface area contributed by atoms with Crippen LogP contribution >= 0.6 is 0 Å². The van der Waals surface area contributed by atoms with Crippen molar-refractivity contribution in [3.05, 3.63) is 52.8 Å². The monoisotopic (exact) mass is 395 g/mol. The van der Waals surface area contributed by atoms with E-state index in [9.17, 15) is 9.59 Å². The largest absolute Gasteiger partial charge is 0.383 e. The van der Waals surface area contributed by atoms with Crippen molar-refractivity contribution in [2.45, 2.75) is 6.54 Å². The summed E-state index contributed by atoms with van der Waals surface area (Å²) in [6.45, 7) is 2.72. The van der Waals surface area contributed by atoms with Gasteiger partial charge in [-0.1, -0.05) is 0 Å². The van der Waals surface area contributed by atoms with Gasteiger partial charge in [-0.2, -0.15) is 0 Å². The van der Waals surface area contributed by atoms with Crippen LogP contribution in [0.1, 0.15) is 10.5 Å². The van der Waals surface area contributed by atoms with Crippen LogP contribution in [0, 0.1) is 0 Å². The van der Waals surface area contributed by atoms with Crippen molar-refractivity contribution in [2.24, 2.45) is 0 Å². The third-order valence-corrected chi connectivity index (χ3v) is 4.83. The normalized spacial score (nSPS) is 14.4. The van der Waals surface area contributed by atoms with E-state index in [0.717, 1.165) is 0 Å². The fraction of sp³-hybridized carbons (Fsp3) is 0.368. The summed E-state index contributed by atoms with van der Waals surface area (Å²) in [7, 11) is 1.56. The SMILES string of the molecule is COCCn1c(=O)c(C(=O)N2CCN(c3ncccn3)CC2)nc2cccnc21. The predicted octanol–water partition coefficient (Wildman–Crippen LogP) is 0.190. The summed E-state index contributed by atoms with van der Waals surface area (Å²) in [4.78, 5) is 46.8. The van der Waals surface area contributed by atoms with Crippen molar-refractivity contribution in [1.29, 1.82) is 0 Å². The number of rotatable bonds is 5. The molecule has 29 heavy (non-hydrogen) atoms. The van der Waals surface area contributed by atoms with Crippen LogP contribution < -0.4 is 10.5 Å². The highest BCUT2D eigenvalue weighted by Crippen LogP contribution is 2.13. The van der Waals surface area contributed by atoms with Crippen molar-refractivity contribution < 1.29 is 9.53 Å². The summed E-state index contributed by atoms with van der Waals surface area (Å²) in [6, 6.07) is 5.23. The molecule has 0 saturated carbocycles. The van der Waals surface area contributed by atoms with E-state index in [1.807, 2.05) is 4.90 Å². The van der Waals surface area contributed by atoms with E-state index >= 15 is 0 Å². The predicted molar refractivity (Wildman–Crippen MR) is 106 cm³/mol. The molecule has 1 amide bonds. The number of carbonyl (C=O) groups is 1. The second-order valence-electron chi connectivity index (χ2n) is 6.58. The van der Waals surface area contributed by atoms with Gasteiger partial charge in [0, 0.05) is 51.9 Å². The lowest BCUT2D eigenvalue weighted by Crippen LogP contribution is -2.50. The van der Waals surface area contributed by atoms with Gasteiger partial charge in [-0.05, 0) is 18.2 Å². The molecule has 0 aliphatic carbocycles. The molecule has 0 N–H and O–H groups in total. The average molecular weight is 395 g/mol. The lowest BCUT2D eigenvalue weighted by molar-refractivity contribution is 0.0737. The number of carbonyl (C=O) groups excluding carboxylic acids is 1. The second kappa shape index (κ2) is 8.31. The molecule has 0 aromatic carbocycles. The van der Waals surface area contributed by atoms with Crippen molar-refractivity contribution in [3.63, 3.8) is 0 Å². The van der Waals surface area contributed by atoms with E-state index in [2.05, 4.69) is 19.9 Å². The molecule has 0 atom stereocenters. The van der Waals surface area contributed by atoms with Crippen LogP contribution in [-0.4, -0.2) is 75.2 Å². The second-order valence-corrected chi connectivity index (χ2v) is 6.58. The fourth-order valence-electron chi connectivity index (χ4n) is 3.32. The number of fused-ring (bicyclic) bond motifs is 1. The summed E-state index contributed by atoms with van der Waals surface area (Å²) in [5.74, 6) is 0.261. The Labute approximate surface area is 166 Å². The van der Waals surface area contributed by atoms with Gasteiger partial charge in [-0.25, -0.2) is 19.9 Å². The highest BCUT2D eigenvalue weighted by molar-refractivity contribution is 5.93. The van der Waals surface area contributed by atoms with Crippen LogP contribution in [0.15, 0.2) is 41.6 Å². The third kappa shape index (κ3) is 3.79. The van der Waals surface area contributed by atoms with Crippen LogP contribution in [0.2, 0.25) is 0 Å². The maximum atomic E-state index is 13.1. The Balaban J connectivity index is 1.59. The average Bonchev–Trinajstić information content (AvgIpc) is 2.78. The van der Waals surface area contributed by atoms with Gasteiger partial charge < -0.3 is 14.5 Å². The zero-order valence-corrected chi connectivity index (χ0v) is 16.1. The fourth-order valence-corrected chi connectivity index (χ4v) is 3.32. The summed E-state index contributed by atoms with van der Waals surface area (Å²) >= 11 is 0. The molecule has 1 fully saturated rings. The number of hydrogen-bond donors (Lipinski definition) is 0. The molecule has 0 radical (unpaired) electrons. The van der Waals surface area contributed by atoms with Crippen LogP contribution in [0.25, 0.3) is 11.2 Å². The topological polar surface area (TPSA) is 106 Å². The molecule has 10 nitrogen and oxygen atoms in total. The number of methoxy groups -OCH3 is 1. The molecule has 10 heteroatoms. The molecule has 3 aromatic rings. The van der Waals surface area contributed by atoms with Crippen molar-refractivity contribution in [2.75, 3.05) is 44.8 Å². The number of anilines is 1. The minimum Gasteiger partial charge on any atom is -0.383 e. The minimum absolute atomic E-state index is 0.0917. The Morgan fingerprint density at radius 2 is 1.79 bits per heavy atom. The van der Waals surface area contributed by atoms with Crippen LogP contribution in [0.3, 0.4) is 0 Å². The van der Waals surface area contributed by atoms with E-state index in [0.29, 0.717) is 56.4 Å². The van der Waals surface area contributed by atoms with Crippen LogP contribution in [-0.2, 0) is 11.3 Å². The maximum absolute atomic E-state index is 13.1. The van der Waals surface area contributed by atoms with Crippen molar-refractivity contribution in [3.8, 4) is 0 Å². The molecule has 1 saturated heterocycles. The van der Waals surface area contributed by atoms with Gasteiger partial charge in [0.15, 0.2) is 11.3 Å². The zero-order chi connectivity index (χ0) is 20.2. The summed E-state index contributed by atoms with van der Waals surface area (Å²) < 4.78 is 6.55. The van der Waals surface area contributed by atoms with Gasteiger partial charge in [-0.3, -0.25) is 14.2 Å². The van der Waals surface area contributed by atoms with E-state index in [1.54, 1.807) is 48.8 Å². The number of pyridine rings is 1. The lowest BCUT2D eigenvalue weighted by atomic mass is 10.2. The highest BCUT2D eigenvalue weighted by Gasteiger charge is 2.27. The van der Waals surface area contributed by atoms with Gasteiger partial charge in [0.1, 0.15) is 5.52 Å². The van der Waals surface area contributed by atoms with Gasteiger partial charge in [-0.15, -0.1) is 0 Å².